The Morgan fingerprint density at radius 2 is 2.33 bits per heavy atom. The van der Waals surface area contributed by atoms with Gasteiger partial charge in [-0.2, -0.15) is 4.98 Å². The lowest BCUT2D eigenvalue weighted by molar-refractivity contribution is 0.0953. The molecular weight excluding hydrogens is 239 g/mol. The number of benzene rings is 1. The normalized spacial score (nSPS) is 10.3. The van der Waals surface area contributed by atoms with Gasteiger partial charge in [-0.15, -0.1) is 0 Å². The van der Waals surface area contributed by atoms with E-state index in [1.165, 1.54) is 18.5 Å². The summed E-state index contributed by atoms with van der Waals surface area (Å²) in [5.74, 6) is -0.489. The van der Waals surface area contributed by atoms with Gasteiger partial charge >= 0.3 is 0 Å². The van der Waals surface area contributed by atoms with E-state index in [0.29, 0.717) is 18.8 Å². The van der Waals surface area contributed by atoms with Gasteiger partial charge in [0.25, 0.3) is 5.91 Å². The summed E-state index contributed by atoms with van der Waals surface area (Å²) in [6.07, 6.45) is 1.66. The minimum atomic E-state index is -0.610. The molecule has 0 aliphatic carbocycles. The van der Waals surface area contributed by atoms with Gasteiger partial charge in [-0.25, -0.2) is 4.39 Å². The molecule has 0 unspecified atom stereocenters. The van der Waals surface area contributed by atoms with Crippen molar-refractivity contribution in [3.05, 3.63) is 41.8 Å². The molecule has 0 atom stereocenters. The number of nitrogens with one attached hydrogen (secondary N) is 1. The lowest BCUT2D eigenvalue weighted by Gasteiger charge is -2.04. The largest absolute Gasteiger partial charge is 0.396 e. The summed E-state index contributed by atoms with van der Waals surface area (Å²) in [7, 11) is 0. The van der Waals surface area contributed by atoms with Crippen LogP contribution >= 0.6 is 0 Å². The van der Waals surface area contributed by atoms with Crippen molar-refractivity contribution in [1.82, 2.24) is 15.5 Å². The van der Waals surface area contributed by atoms with Crippen molar-refractivity contribution in [1.29, 1.82) is 0 Å². The molecule has 0 spiro atoms. The SMILES string of the molecule is Nc1ccc(C(=O)NCCc2ncon2)cc1F. The number of rotatable bonds is 4. The van der Waals surface area contributed by atoms with E-state index >= 15 is 0 Å². The maximum atomic E-state index is 13.1. The van der Waals surface area contributed by atoms with Crippen LogP contribution < -0.4 is 11.1 Å². The zero-order valence-electron chi connectivity index (χ0n) is 9.39. The van der Waals surface area contributed by atoms with E-state index in [1.54, 1.807) is 0 Å². The lowest BCUT2D eigenvalue weighted by atomic mass is 10.2. The minimum absolute atomic E-state index is 0.0124. The number of nitrogen functional groups attached to an aromatic ring is 1. The fourth-order valence-corrected chi connectivity index (χ4v) is 1.36. The standard InChI is InChI=1S/C11H11FN4O2/c12-8-5-7(1-2-9(8)13)11(17)14-4-3-10-15-6-18-16-10/h1-2,5-6H,3-4,13H2,(H,14,17). The number of carbonyl (C=O) groups excluding carboxylic acids is 1. The zero-order valence-corrected chi connectivity index (χ0v) is 9.39. The Hall–Kier alpha value is -2.44. The molecule has 0 aliphatic heterocycles. The Labute approximate surface area is 102 Å². The fourth-order valence-electron chi connectivity index (χ4n) is 1.36. The maximum Gasteiger partial charge on any atom is 0.251 e. The van der Waals surface area contributed by atoms with Gasteiger partial charge in [0.1, 0.15) is 5.82 Å². The van der Waals surface area contributed by atoms with Gasteiger partial charge in [0.2, 0.25) is 6.39 Å². The van der Waals surface area contributed by atoms with Crippen LogP contribution in [0.1, 0.15) is 16.2 Å². The molecule has 0 saturated heterocycles. The van der Waals surface area contributed by atoms with Gasteiger partial charge < -0.3 is 15.6 Å². The number of aromatic nitrogens is 2. The van der Waals surface area contributed by atoms with Crippen molar-refractivity contribution in [3.63, 3.8) is 0 Å². The first-order chi connectivity index (χ1) is 8.66. The van der Waals surface area contributed by atoms with Gasteiger partial charge in [-0.3, -0.25) is 4.79 Å². The number of nitrogens with two attached hydrogens (primary N) is 1. The second-order valence-corrected chi connectivity index (χ2v) is 3.59. The smallest absolute Gasteiger partial charge is 0.251 e. The zero-order chi connectivity index (χ0) is 13.0. The summed E-state index contributed by atoms with van der Waals surface area (Å²) in [6.45, 7) is 0.338. The molecule has 1 heterocycles. The summed E-state index contributed by atoms with van der Waals surface area (Å²) < 4.78 is 17.7. The molecule has 1 aromatic carbocycles. The third-order valence-electron chi connectivity index (χ3n) is 2.30. The number of anilines is 1. The molecule has 3 N–H and O–H groups in total. The summed E-state index contributed by atoms with van der Waals surface area (Å²) in [6, 6.07) is 3.91. The Bertz CT molecular complexity index is 542. The molecule has 0 saturated carbocycles. The minimum Gasteiger partial charge on any atom is -0.396 e. The molecule has 0 bridgehead atoms. The monoisotopic (exact) mass is 250 g/mol. The average molecular weight is 250 g/mol. The van der Waals surface area contributed by atoms with Crippen molar-refractivity contribution < 1.29 is 13.7 Å². The highest BCUT2D eigenvalue weighted by Gasteiger charge is 2.08. The van der Waals surface area contributed by atoms with E-state index in [-0.39, 0.29) is 17.2 Å². The van der Waals surface area contributed by atoms with Crippen LogP contribution in [0.5, 0.6) is 0 Å². The second kappa shape index (κ2) is 5.26. The van der Waals surface area contributed by atoms with Crippen LogP contribution in [0.25, 0.3) is 0 Å². The van der Waals surface area contributed by atoms with Crippen LogP contribution in [0.15, 0.2) is 29.1 Å². The molecule has 0 radical (unpaired) electrons. The Kier molecular flexibility index (Phi) is 3.52. The van der Waals surface area contributed by atoms with E-state index in [0.717, 1.165) is 6.07 Å². The highest BCUT2D eigenvalue weighted by molar-refractivity contribution is 5.94. The second-order valence-electron chi connectivity index (χ2n) is 3.59. The van der Waals surface area contributed by atoms with Gasteiger partial charge in [-0.05, 0) is 18.2 Å². The van der Waals surface area contributed by atoms with Crippen LogP contribution in [0.3, 0.4) is 0 Å². The van der Waals surface area contributed by atoms with Crippen molar-refractivity contribution >= 4 is 11.6 Å². The van der Waals surface area contributed by atoms with Gasteiger partial charge in [-0.1, -0.05) is 5.16 Å². The number of halogens is 1. The third kappa shape index (κ3) is 2.82. The molecule has 2 aromatic rings. The summed E-state index contributed by atoms with van der Waals surface area (Å²) in [4.78, 5) is 15.5. The number of carbonyl (C=O) groups is 1. The van der Waals surface area contributed by atoms with E-state index < -0.39 is 5.82 Å². The molecule has 6 nitrogen and oxygen atoms in total. The quantitative estimate of drug-likeness (QED) is 0.781. The predicted molar refractivity (Wildman–Crippen MR) is 61.1 cm³/mol. The predicted octanol–water partition coefficient (Wildman–Crippen LogP) is 0.763. The molecule has 2 rings (SSSR count). The van der Waals surface area contributed by atoms with E-state index in [2.05, 4.69) is 20.0 Å². The highest BCUT2D eigenvalue weighted by atomic mass is 19.1. The molecule has 1 aromatic heterocycles. The maximum absolute atomic E-state index is 13.1. The molecule has 0 fully saturated rings. The first-order valence-corrected chi connectivity index (χ1v) is 5.25. The van der Waals surface area contributed by atoms with Crippen LogP contribution in [0, 0.1) is 5.82 Å². The summed E-state index contributed by atoms with van der Waals surface area (Å²) >= 11 is 0. The molecule has 94 valence electrons. The van der Waals surface area contributed by atoms with Crippen molar-refractivity contribution in [3.8, 4) is 0 Å². The summed E-state index contributed by atoms with van der Waals surface area (Å²) in [5, 5.41) is 6.21. The van der Waals surface area contributed by atoms with Crippen LogP contribution in [-0.2, 0) is 6.42 Å². The van der Waals surface area contributed by atoms with E-state index in [4.69, 9.17) is 5.73 Å². The third-order valence-corrected chi connectivity index (χ3v) is 2.30. The average Bonchev–Trinajstić information content (AvgIpc) is 2.85. The van der Waals surface area contributed by atoms with Gasteiger partial charge in [0.05, 0.1) is 5.69 Å². The molecule has 7 heteroatoms. The lowest BCUT2D eigenvalue weighted by Crippen LogP contribution is -2.26. The fraction of sp³-hybridized carbons (Fsp3) is 0.182. The topological polar surface area (TPSA) is 94.0 Å². The van der Waals surface area contributed by atoms with Crippen LogP contribution in [-0.4, -0.2) is 22.6 Å². The van der Waals surface area contributed by atoms with Crippen molar-refractivity contribution in [2.45, 2.75) is 6.42 Å². The molecule has 18 heavy (non-hydrogen) atoms. The molecular formula is C11H11FN4O2. The van der Waals surface area contributed by atoms with Gasteiger partial charge in [0, 0.05) is 18.5 Å². The van der Waals surface area contributed by atoms with Gasteiger partial charge in [0.15, 0.2) is 5.82 Å². The first kappa shape index (κ1) is 12.0. The van der Waals surface area contributed by atoms with Crippen molar-refractivity contribution in [2.75, 3.05) is 12.3 Å². The van der Waals surface area contributed by atoms with E-state index in [9.17, 15) is 9.18 Å². The summed E-state index contributed by atoms with van der Waals surface area (Å²) in [5.41, 5.74) is 5.55. The Morgan fingerprint density at radius 3 is 3.00 bits per heavy atom. The molecule has 0 aliphatic rings. The number of nitrogens with zero attached hydrogens (tertiary/aromatic N) is 2. The van der Waals surface area contributed by atoms with Crippen LogP contribution in [0.2, 0.25) is 0 Å². The van der Waals surface area contributed by atoms with E-state index in [1.807, 2.05) is 0 Å². The highest BCUT2D eigenvalue weighted by Crippen LogP contribution is 2.11. The number of hydrogen-bond acceptors (Lipinski definition) is 5. The number of amides is 1. The first-order valence-electron chi connectivity index (χ1n) is 5.25. The Morgan fingerprint density at radius 1 is 1.50 bits per heavy atom. The van der Waals surface area contributed by atoms with Crippen LogP contribution in [0.4, 0.5) is 10.1 Å². The number of hydrogen-bond donors (Lipinski definition) is 2. The molecule has 1 amide bonds. The van der Waals surface area contributed by atoms with Crippen molar-refractivity contribution in [2.24, 2.45) is 0 Å². The Balaban J connectivity index is 1.89.